The van der Waals surface area contributed by atoms with Crippen LogP contribution in [0.2, 0.25) is 0 Å². The molecule has 156 valence electrons. The van der Waals surface area contributed by atoms with Crippen molar-refractivity contribution < 1.29 is 14.3 Å². The molecule has 0 bridgehead atoms. The number of thioether (sulfide) groups is 1. The van der Waals surface area contributed by atoms with Gasteiger partial charge in [-0.15, -0.1) is 0 Å². The topological polar surface area (TPSA) is 72.3 Å². The molecular formula is C21H33N3O3S. The highest BCUT2D eigenvalue weighted by Gasteiger charge is 2.16. The maximum Gasteiger partial charge on any atom is 0.509 e. The Morgan fingerprint density at radius 3 is 2.36 bits per heavy atom. The van der Waals surface area contributed by atoms with Gasteiger partial charge in [-0.25, -0.2) is 9.79 Å². The van der Waals surface area contributed by atoms with Crippen LogP contribution < -0.4 is 5.43 Å². The van der Waals surface area contributed by atoms with Crippen LogP contribution in [0.25, 0.3) is 0 Å². The number of aliphatic imine (C=N–C) groups is 1. The quantitative estimate of drug-likeness (QED) is 0.198. The Hall–Kier alpha value is -2.02. The summed E-state index contributed by atoms with van der Waals surface area (Å²) in [5.41, 5.74) is 5.64. The van der Waals surface area contributed by atoms with Gasteiger partial charge in [-0.05, 0) is 68.5 Å². The van der Waals surface area contributed by atoms with E-state index in [0.717, 1.165) is 16.8 Å². The van der Waals surface area contributed by atoms with Crippen molar-refractivity contribution in [1.29, 1.82) is 0 Å². The predicted molar refractivity (Wildman–Crippen MR) is 119 cm³/mol. The zero-order valence-corrected chi connectivity index (χ0v) is 19.0. The van der Waals surface area contributed by atoms with Crippen LogP contribution in [0.15, 0.2) is 28.3 Å². The number of aryl methyl sites for hydroxylation is 1. The van der Waals surface area contributed by atoms with Gasteiger partial charge < -0.3 is 9.47 Å². The minimum Gasteiger partial charge on any atom is -0.432 e. The Balaban J connectivity index is 3.07. The first-order valence-electron chi connectivity index (χ1n) is 9.60. The summed E-state index contributed by atoms with van der Waals surface area (Å²) in [4.78, 5) is 16.5. The van der Waals surface area contributed by atoms with E-state index in [9.17, 15) is 4.79 Å². The van der Waals surface area contributed by atoms with Gasteiger partial charge in [0.15, 0.2) is 10.6 Å². The predicted octanol–water partition coefficient (Wildman–Crippen LogP) is 5.98. The monoisotopic (exact) mass is 407 g/mol. The second kappa shape index (κ2) is 11.7. The first kappa shape index (κ1) is 24.0. The third-order valence-corrected chi connectivity index (χ3v) is 4.27. The summed E-state index contributed by atoms with van der Waals surface area (Å²) in [7, 11) is 0. The average molecular weight is 408 g/mol. The average Bonchev–Trinajstić information content (AvgIpc) is 2.52. The fourth-order valence-electron chi connectivity index (χ4n) is 2.20. The smallest absolute Gasteiger partial charge is 0.432 e. The standard InChI is InChI=1S/C21H33N3O3S/c1-13(2)12-22-24-20(28-17(8)27-21(25)26-15(5)6)23-19-11-16(7)9-10-18(19)14(3)4/h9-15,17H,1-8H3,(H,23,24)/b22-12+. The number of amidine groups is 1. The molecule has 0 radical (unpaired) electrons. The van der Waals surface area contributed by atoms with E-state index < -0.39 is 11.6 Å². The largest absolute Gasteiger partial charge is 0.509 e. The van der Waals surface area contributed by atoms with Crippen molar-refractivity contribution in [3.63, 3.8) is 0 Å². The van der Waals surface area contributed by atoms with Gasteiger partial charge in [0, 0.05) is 6.21 Å². The highest BCUT2D eigenvalue weighted by Crippen LogP contribution is 2.29. The summed E-state index contributed by atoms with van der Waals surface area (Å²) in [6, 6.07) is 6.22. The second-order valence-electron chi connectivity index (χ2n) is 7.49. The molecule has 1 atom stereocenters. The Morgan fingerprint density at radius 2 is 1.79 bits per heavy atom. The first-order chi connectivity index (χ1) is 13.1. The van der Waals surface area contributed by atoms with E-state index in [4.69, 9.17) is 14.5 Å². The summed E-state index contributed by atoms with van der Waals surface area (Å²) in [6.45, 7) is 15.7. The number of nitrogens with one attached hydrogen (secondary N) is 1. The molecule has 6 nitrogen and oxygen atoms in total. The Kier molecular flexibility index (Phi) is 10.1. The molecule has 0 heterocycles. The van der Waals surface area contributed by atoms with Gasteiger partial charge >= 0.3 is 6.16 Å². The lowest BCUT2D eigenvalue weighted by Gasteiger charge is -2.16. The number of hydrazone groups is 1. The molecule has 28 heavy (non-hydrogen) atoms. The highest BCUT2D eigenvalue weighted by atomic mass is 32.2. The zero-order valence-electron chi connectivity index (χ0n) is 18.1. The number of hydrogen-bond donors (Lipinski definition) is 1. The van der Waals surface area contributed by atoms with Crippen LogP contribution in [-0.2, 0) is 9.47 Å². The number of carbonyl (C=O) groups is 1. The van der Waals surface area contributed by atoms with Gasteiger partial charge in [0.25, 0.3) is 0 Å². The molecule has 0 aliphatic heterocycles. The lowest BCUT2D eigenvalue weighted by atomic mass is 10.00. The number of carbonyl (C=O) groups excluding carboxylic acids is 1. The second-order valence-corrected chi connectivity index (χ2v) is 8.77. The van der Waals surface area contributed by atoms with Crippen molar-refractivity contribution in [2.75, 3.05) is 0 Å². The SMILES string of the molecule is Cc1ccc(C(C)C)c(N=C(N/N=C/C(C)C)SC(C)OC(=O)OC(C)C)c1. The molecule has 7 heteroatoms. The van der Waals surface area contributed by atoms with Crippen LogP contribution in [0, 0.1) is 12.8 Å². The number of benzene rings is 1. The molecule has 1 unspecified atom stereocenters. The molecule has 0 saturated heterocycles. The summed E-state index contributed by atoms with van der Waals surface area (Å²) < 4.78 is 10.3. The number of rotatable bonds is 7. The van der Waals surface area contributed by atoms with E-state index in [1.807, 2.05) is 26.8 Å². The van der Waals surface area contributed by atoms with Crippen molar-refractivity contribution in [1.82, 2.24) is 5.43 Å². The molecule has 1 rings (SSSR count). The summed E-state index contributed by atoms with van der Waals surface area (Å²) in [5, 5.41) is 4.80. The third kappa shape index (κ3) is 9.26. The van der Waals surface area contributed by atoms with Gasteiger partial charge in [-0.2, -0.15) is 5.10 Å². The zero-order chi connectivity index (χ0) is 21.3. The van der Waals surface area contributed by atoms with Crippen molar-refractivity contribution >= 4 is 35.0 Å². The van der Waals surface area contributed by atoms with E-state index in [-0.39, 0.29) is 6.10 Å². The lowest BCUT2D eigenvalue weighted by Crippen LogP contribution is -2.22. The first-order valence-corrected chi connectivity index (χ1v) is 10.5. The Labute approximate surface area is 173 Å². The third-order valence-electron chi connectivity index (χ3n) is 3.43. The van der Waals surface area contributed by atoms with Crippen LogP contribution in [0.4, 0.5) is 10.5 Å². The number of hydrogen-bond acceptors (Lipinski definition) is 6. The van der Waals surface area contributed by atoms with E-state index in [1.54, 1.807) is 27.0 Å². The number of ether oxygens (including phenoxy) is 2. The Morgan fingerprint density at radius 1 is 1.11 bits per heavy atom. The van der Waals surface area contributed by atoms with Crippen LogP contribution in [0.3, 0.4) is 0 Å². The molecule has 0 spiro atoms. The maximum atomic E-state index is 11.7. The van der Waals surface area contributed by atoms with Gasteiger partial charge in [0.05, 0.1) is 11.8 Å². The minimum atomic E-state index is -0.696. The van der Waals surface area contributed by atoms with Crippen molar-refractivity contribution in [2.45, 2.75) is 72.8 Å². The lowest BCUT2D eigenvalue weighted by molar-refractivity contribution is 0.0314. The van der Waals surface area contributed by atoms with Crippen molar-refractivity contribution in [3.8, 4) is 0 Å². The van der Waals surface area contributed by atoms with Crippen LogP contribution in [0.5, 0.6) is 0 Å². The minimum absolute atomic E-state index is 0.229. The van der Waals surface area contributed by atoms with Gasteiger partial charge in [0.2, 0.25) is 0 Å². The molecular weight excluding hydrogens is 374 g/mol. The molecule has 1 aromatic rings. The van der Waals surface area contributed by atoms with Gasteiger partial charge in [0.1, 0.15) is 0 Å². The van der Waals surface area contributed by atoms with Gasteiger partial charge in [-0.1, -0.05) is 39.8 Å². The molecule has 1 aromatic carbocycles. The number of nitrogens with zero attached hydrogens (tertiary/aromatic N) is 2. The van der Waals surface area contributed by atoms with Gasteiger partial charge in [-0.3, -0.25) is 5.43 Å². The Bertz CT molecular complexity index is 700. The highest BCUT2D eigenvalue weighted by molar-refractivity contribution is 8.14. The van der Waals surface area contributed by atoms with E-state index in [2.05, 4.69) is 36.5 Å². The summed E-state index contributed by atoms with van der Waals surface area (Å²) in [6.07, 6.45) is 0.875. The van der Waals surface area contributed by atoms with Crippen LogP contribution in [0.1, 0.15) is 65.5 Å². The van der Waals surface area contributed by atoms with E-state index in [1.165, 1.54) is 11.8 Å². The summed E-state index contributed by atoms with van der Waals surface area (Å²) >= 11 is 1.27. The maximum absolute atomic E-state index is 11.7. The molecule has 0 fully saturated rings. The van der Waals surface area contributed by atoms with Crippen molar-refractivity contribution in [2.24, 2.45) is 16.0 Å². The van der Waals surface area contributed by atoms with Crippen LogP contribution in [-0.4, -0.2) is 29.1 Å². The molecule has 0 amide bonds. The van der Waals surface area contributed by atoms with E-state index in [0.29, 0.717) is 17.0 Å². The van der Waals surface area contributed by atoms with E-state index >= 15 is 0 Å². The summed E-state index contributed by atoms with van der Waals surface area (Å²) in [5.74, 6) is 0.637. The fraction of sp³-hybridized carbons (Fsp3) is 0.571. The normalized spacial score (nSPS) is 13.5. The molecule has 1 N–H and O–H groups in total. The molecule has 0 saturated carbocycles. The molecule has 0 aliphatic rings. The fourth-order valence-corrected chi connectivity index (χ4v) is 2.90. The molecule has 0 aromatic heterocycles. The van der Waals surface area contributed by atoms with Crippen LogP contribution >= 0.6 is 11.8 Å². The molecule has 0 aliphatic carbocycles. The van der Waals surface area contributed by atoms with Crippen molar-refractivity contribution in [3.05, 3.63) is 29.3 Å².